The molecule has 5 rings (SSSR count). The molecule has 2 N–H and O–H groups in total. The Morgan fingerprint density at radius 1 is 0.929 bits per heavy atom. The Hall–Kier alpha value is -3.63. The zero-order valence-corrected chi connectivity index (χ0v) is 24.9. The van der Waals surface area contributed by atoms with Crippen LogP contribution in [0.4, 0.5) is 0 Å². The topological polar surface area (TPSA) is 113 Å². The van der Waals surface area contributed by atoms with Crippen LogP contribution in [0, 0.1) is 0 Å². The first-order chi connectivity index (χ1) is 20.0. The second-order valence-electron chi connectivity index (χ2n) is 10.1. The second-order valence-corrected chi connectivity index (χ2v) is 12.9. The fourth-order valence-corrected chi connectivity index (χ4v) is 7.51. The van der Waals surface area contributed by atoms with Gasteiger partial charge >= 0.3 is 5.97 Å². The van der Waals surface area contributed by atoms with E-state index < -0.39 is 27.9 Å². The summed E-state index contributed by atoms with van der Waals surface area (Å²) in [4.78, 5) is 23.2. The number of carboxylic acid groups (broad SMARTS) is 1. The molecule has 0 aromatic heterocycles. The summed E-state index contributed by atoms with van der Waals surface area (Å²) < 4.78 is 35.0. The number of hydrogen-bond donors (Lipinski definition) is 2. The number of benzene rings is 4. The molecule has 0 unspecified atom stereocenters. The van der Waals surface area contributed by atoms with Crippen molar-refractivity contribution in [2.75, 3.05) is 20.2 Å². The van der Waals surface area contributed by atoms with E-state index in [1.54, 1.807) is 13.2 Å². The maximum absolute atomic E-state index is 14.1. The van der Waals surface area contributed by atoms with Crippen molar-refractivity contribution < 1.29 is 27.9 Å². The quantitative estimate of drug-likeness (QED) is 0.226. The molecule has 11 heteroatoms. The fourth-order valence-electron chi connectivity index (χ4n) is 5.30. The Morgan fingerprint density at radius 2 is 1.60 bits per heavy atom. The molecule has 1 aliphatic rings. The van der Waals surface area contributed by atoms with Crippen LogP contribution in [0.15, 0.2) is 83.8 Å². The second kappa shape index (κ2) is 12.3. The molecular weight excluding hydrogens is 599 g/mol. The molecule has 1 saturated heterocycles. The number of rotatable bonds is 9. The number of carbonyl (C=O) groups is 2. The molecule has 1 heterocycles. The predicted octanol–water partition coefficient (Wildman–Crippen LogP) is 6.28. The summed E-state index contributed by atoms with van der Waals surface area (Å²) in [6, 6.07) is 22.1. The lowest BCUT2D eigenvalue weighted by atomic mass is 9.93. The molecule has 4 aromatic rings. The molecule has 4 aromatic carbocycles. The van der Waals surface area contributed by atoms with Crippen LogP contribution in [0.5, 0.6) is 5.75 Å². The average molecular weight is 628 g/mol. The van der Waals surface area contributed by atoms with Gasteiger partial charge in [0.25, 0.3) is 5.91 Å². The molecule has 1 amide bonds. The largest absolute Gasteiger partial charge is 0.497 e. The standard InChI is InChI=1S/C31H28Cl2N2O6S/c1-41-27-7-4-20-12-22(3-2-21(20)15-27)29-16-24(23-13-25(32)17-26(33)14-23)18-35(29)42(39,40)28-8-5-19(6-9-28)31(38)34-11-10-30(36)37/h2-9,12-15,17,24,29H,10-11,16,18H2,1H3,(H,34,38)(H,36,37)/t24-,29-/m1/s1. The Bertz CT molecular complexity index is 1740. The molecule has 0 bridgehead atoms. The van der Waals surface area contributed by atoms with Gasteiger partial charge in [-0.05, 0) is 94.9 Å². The number of nitrogens with zero attached hydrogens (tertiary/aromatic N) is 1. The maximum atomic E-state index is 14.1. The predicted molar refractivity (Wildman–Crippen MR) is 162 cm³/mol. The monoisotopic (exact) mass is 626 g/mol. The summed E-state index contributed by atoms with van der Waals surface area (Å²) in [6.45, 7) is 0.179. The van der Waals surface area contributed by atoms with Crippen LogP contribution in [0.3, 0.4) is 0 Å². The third-order valence-corrected chi connectivity index (χ3v) is 9.74. The van der Waals surface area contributed by atoms with Crippen LogP contribution >= 0.6 is 23.2 Å². The molecule has 0 saturated carbocycles. The van der Waals surface area contributed by atoms with E-state index in [1.165, 1.54) is 28.6 Å². The summed E-state index contributed by atoms with van der Waals surface area (Å²) in [7, 11) is -2.39. The number of sulfonamides is 1. The lowest BCUT2D eigenvalue weighted by Gasteiger charge is -2.25. The van der Waals surface area contributed by atoms with E-state index in [0.717, 1.165) is 27.6 Å². The van der Waals surface area contributed by atoms with Gasteiger partial charge in [-0.2, -0.15) is 4.31 Å². The first-order valence-corrected chi connectivity index (χ1v) is 15.4. The fraction of sp³-hybridized carbons (Fsp3) is 0.226. The summed E-state index contributed by atoms with van der Waals surface area (Å²) >= 11 is 12.6. The van der Waals surface area contributed by atoms with E-state index in [0.29, 0.717) is 16.5 Å². The number of amides is 1. The van der Waals surface area contributed by atoms with Crippen LogP contribution < -0.4 is 10.1 Å². The molecule has 1 fully saturated rings. The maximum Gasteiger partial charge on any atom is 0.305 e. The highest BCUT2D eigenvalue weighted by Gasteiger charge is 2.41. The number of fused-ring (bicyclic) bond motifs is 1. The lowest BCUT2D eigenvalue weighted by Crippen LogP contribution is -2.31. The number of nitrogens with one attached hydrogen (secondary N) is 1. The minimum Gasteiger partial charge on any atom is -0.497 e. The van der Waals surface area contributed by atoms with Crippen molar-refractivity contribution >= 4 is 55.9 Å². The van der Waals surface area contributed by atoms with Gasteiger partial charge in [0.1, 0.15) is 5.75 Å². The van der Waals surface area contributed by atoms with Crippen molar-refractivity contribution in [2.24, 2.45) is 0 Å². The van der Waals surface area contributed by atoms with Gasteiger partial charge in [-0.3, -0.25) is 9.59 Å². The van der Waals surface area contributed by atoms with Crippen LogP contribution in [0.1, 0.15) is 46.3 Å². The van der Waals surface area contributed by atoms with Gasteiger partial charge in [0, 0.05) is 28.7 Å². The van der Waals surface area contributed by atoms with Gasteiger partial charge in [-0.25, -0.2) is 8.42 Å². The number of ether oxygens (including phenoxy) is 1. The molecule has 2 atom stereocenters. The van der Waals surface area contributed by atoms with Gasteiger partial charge in [-0.15, -0.1) is 0 Å². The highest BCUT2D eigenvalue weighted by molar-refractivity contribution is 7.89. The van der Waals surface area contributed by atoms with E-state index in [1.807, 2.05) is 48.5 Å². The third kappa shape index (κ3) is 6.39. The van der Waals surface area contributed by atoms with Crippen LogP contribution in [0.2, 0.25) is 10.0 Å². The van der Waals surface area contributed by atoms with Gasteiger partial charge in [0.2, 0.25) is 10.0 Å². The smallest absolute Gasteiger partial charge is 0.305 e. The molecular formula is C31H28Cl2N2O6S. The normalized spacial score (nSPS) is 17.3. The Balaban J connectivity index is 1.48. The zero-order valence-electron chi connectivity index (χ0n) is 22.6. The van der Waals surface area contributed by atoms with Crippen LogP contribution in [-0.2, 0) is 14.8 Å². The number of carboxylic acids is 1. The van der Waals surface area contributed by atoms with Gasteiger partial charge < -0.3 is 15.2 Å². The van der Waals surface area contributed by atoms with E-state index in [9.17, 15) is 18.0 Å². The summed E-state index contributed by atoms with van der Waals surface area (Å²) in [5, 5.41) is 14.2. The summed E-state index contributed by atoms with van der Waals surface area (Å²) in [6.07, 6.45) is 0.303. The van der Waals surface area contributed by atoms with Crippen molar-refractivity contribution in [3.63, 3.8) is 0 Å². The molecule has 0 spiro atoms. The zero-order chi connectivity index (χ0) is 30.0. The van der Waals surface area contributed by atoms with Gasteiger partial charge in [0.05, 0.1) is 24.5 Å². The van der Waals surface area contributed by atoms with Crippen molar-refractivity contribution in [1.82, 2.24) is 9.62 Å². The van der Waals surface area contributed by atoms with E-state index in [2.05, 4.69) is 5.32 Å². The number of aliphatic carboxylic acids is 1. The van der Waals surface area contributed by atoms with E-state index in [4.69, 9.17) is 33.0 Å². The molecule has 218 valence electrons. The Morgan fingerprint density at radius 3 is 2.26 bits per heavy atom. The minimum absolute atomic E-state index is 0.0306. The first-order valence-electron chi connectivity index (χ1n) is 13.2. The molecule has 1 aliphatic heterocycles. The summed E-state index contributed by atoms with van der Waals surface area (Å²) in [5.41, 5.74) is 1.93. The first kappa shape index (κ1) is 29.8. The highest BCUT2D eigenvalue weighted by Crippen LogP contribution is 2.45. The van der Waals surface area contributed by atoms with Crippen molar-refractivity contribution in [3.8, 4) is 5.75 Å². The third-order valence-electron chi connectivity index (χ3n) is 7.42. The van der Waals surface area contributed by atoms with Crippen LogP contribution in [-0.4, -0.2) is 49.9 Å². The minimum atomic E-state index is -3.99. The molecule has 0 radical (unpaired) electrons. The van der Waals surface area contributed by atoms with Gasteiger partial charge in [0.15, 0.2) is 0 Å². The SMILES string of the molecule is COc1ccc2cc([C@H]3C[C@@H](c4cc(Cl)cc(Cl)c4)CN3S(=O)(=O)c3ccc(C(=O)NCCC(=O)O)cc3)ccc2c1. The lowest BCUT2D eigenvalue weighted by molar-refractivity contribution is -0.136. The Labute approximate surface area is 253 Å². The number of halogens is 2. The highest BCUT2D eigenvalue weighted by atomic mass is 35.5. The van der Waals surface area contributed by atoms with Crippen molar-refractivity contribution in [2.45, 2.75) is 29.7 Å². The van der Waals surface area contributed by atoms with E-state index >= 15 is 0 Å². The van der Waals surface area contributed by atoms with Crippen molar-refractivity contribution in [3.05, 3.63) is 106 Å². The molecule has 8 nitrogen and oxygen atoms in total. The van der Waals surface area contributed by atoms with Crippen LogP contribution in [0.25, 0.3) is 10.8 Å². The number of hydrogen-bond acceptors (Lipinski definition) is 5. The van der Waals surface area contributed by atoms with E-state index in [-0.39, 0.29) is 35.9 Å². The van der Waals surface area contributed by atoms with Gasteiger partial charge in [-0.1, -0.05) is 41.4 Å². The molecule has 0 aliphatic carbocycles. The average Bonchev–Trinajstić information content (AvgIpc) is 3.43. The number of carbonyl (C=O) groups excluding carboxylic acids is 1. The summed E-state index contributed by atoms with van der Waals surface area (Å²) in [5.74, 6) is -0.935. The molecule has 42 heavy (non-hydrogen) atoms. The Kier molecular flexibility index (Phi) is 8.75. The van der Waals surface area contributed by atoms with Crippen molar-refractivity contribution in [1.29, 1.82) is 0 Å². The number of methoxy groups -OCH3 is 1.